The van der Waals surface area contributed by atoms with E-state index < -0.39 is 5.82 Å². The normalized spacial score (nSPS) is 10.7. The molecule has 0 saturated heterocycles. The van der Waals surface area contributed by atoms with Gasteiger partial charge in [0.2, 0.25) is 0 Å². The summed E-state index contributed by atoms with van der Waals surface area (Å²) in [6.45, 7) is 4.23. The average Bonchev–Trinajstić information content (AvgIpc) is 2.83. The number of rotatable bonds is 5. The molecule has 0 saturated carbocycles. The van der Waals surface area contributed by atoms with E-state index in [0.717, 1.165) is 5.69 Å². The summed E-state index contributed by atoms with van der Waals surface area (Å²) in [5.41, 5.74) is 9.46. The van der Waals surface area contributed by atoms with Gasteiger partial charge >= 0.3 is 0 Å². The van der Waals surface area contributed by atoms with E-state index in [1.807, 2.05) is 19.2 Å². The summed E-state index contributed by atoms with van der Waals surface area (Å²) in [5, 5.41) is 5.07. The second-order valence-corrected chi connectivity index (χ2v) is 5.09. The number of nitrogen functional groups attached to an aromatic ring is 1. The third kappa shape index (κ3) is 3.57. The molecule has 0 bridgehead atoms. The van der Waals surface area contributed by atoms with Crippen LogP contribution in [0.2, 0.25) is 0 Å². The Bertz CT molecular complexity index is 543. The fraction of sp³-hybridized carbons (Fsp3) is 0.308. The lowest BCUT2D eigenvalue weighted by Gasteiger charge is -2.14. The predicted molar refractivity (Wildman–Crippen MR) is 76.0 cm³/mol. The minimum atomic E-state index is -0.453. The molecule has 0 unspecified atom stereocenters. The number of halogens is 1. The van der Waals surface area contributed by atoms with Gasteiger partial charge in [-0.3, -0.25) is 0 Å². The van der Waals surface area contributed by atoms with Crippen molar-refractivity contribution < 1.29 is 9.13 Å². The first-order valence-corrected chi connectivity index (χ1v) is 6.87. The van der Waals surface area contributed by atoms with Crippen LogP contribution in [0, 0.1) is 5.82 Å². The summed E-state index contributed by atoms with van der Waals surface area (Å²) < 4.78 is 19.1. The fourth-order valence-electron chi connectivity index (χ4n) is 1.58. The van der Waals surface area contributed by atoms with Crippen molar-refractivity contribution in [2.24, 2.45) is 0 Å². The first kappa shape index (κ1) is 13.6. The number of hydrogen-bond acceptors (Lipinski definition) is 5. The molecule has 4 nitrogen and oxygen atoms in total. The van der Waals surface area contributed by atoms with E-state index in [2.05, 4.69) is 10.3 Å². The SMILES string of the molecule is CC(C)Oc1cc(NCc2cscn2)c(N)cc1F. The maximum Gasteiger partial charge on any atom is 0.167 e. The van der Waals surface area contributed by atoms with Crippen LogP contribution < -0.4 is 15.8 Å². The molecule has 0 aliphatic heterocycles. The number of thiazole rings is 1. The maximum absolute atomic E-state index is 13.7. The molecule has 0 amide bonds. The van der Waals surface area contributed by atoms with E-state index in [1.165, 1.54) is 17.4 Å². The van der Waals surface area contributed by atoms with Gasteiger partial charge < -0.3 is 15.8 Å². The Morgan fingerprint density at radius 1 is 1.47 bits per heavy atom. The molecule has 0 fully saturated rings. The molecule has 3 N–H and O–H groups in total. The van der Waals surface area contributed by atoms with Crippen LogP contribution in [-0.4, -0.2) is 11.1 Å². The Morgan fingerprint density at radius 3 is 2.89 bits per heavy atom. The van der Waals surface area contributed by atoms with Crippen molar-refractivity contribution in [3.05, 3.63) is 34.5 Å². The Balaban J connectivity index is 2.15. The van der Waals surface area contributed by atoms with Crippen molar-refractivity contribution in [1.82, 2.24) is 4.98 Å². The van der Waals surface area contributed by atoms with Crippen LogP contribution in [0.1, 0.15) is 19.5 Å². The van der Waals surface area contributed by atoms with Gasteiger partial charge in [-0.05, 0) is 13.8 Å². The number of nitrogens with zero attached hydrogens (tertiary/aromatic N) is 1. The molecule has 0 aliphatic carbocycles. The Morgan fingerprint density at radius 2 is 2.26 bits per heavy atom. The summed E-state index contributed by atoms with van der Waals surface area (Å²) in [5.74, 6) is -0.254. The second-order valence-electron chi connectivity index (χ2n) is 4.37. The minimum absolute atomic E-state index is 0.0930. The standard InChI is InChI=1S/C13H16FN3OS/c1-8(2)18-13-4-12(11(15)3-10(13)14)16-5-9-6-19-7-17-9/h3-4,6-8,16H,5,15H2,1-2H3. The summed E-state index contributed by atoms with van der Waals surface area (Å²) in [7, 11) is 0. The smallest absolute Gasteiger partial charge is 0.167 e. The summed E-state index contributed by atoms with van der Waals surface area (Å²) in [6, 6.07) is 2.85. The van der Waals surface area contributed by atoms with Gasteiger partial charge in [0.1, 0.15) is 0 Å². The first-order valence-electron chi connectivity index (χ1n) is 5.93. The molecular formula is C13H16FN3OS. The lowest BCUT2D eigenvalue weighted by molar-refractivity contribution is 0.231. The van der Waals surface area contributed by atoms with Crippen LogP contribution in [0.5, 0.6) is 5.75 Å². The summed E-state index contributed by atoms with van der Waals surface area (Å²) in [6.07, 6.45) is -0.0930. The monoisotopic (exact) mass is 281 g/mol. The van der Waals surface area contributed by atoms with Gasteiger partial charge in [-0.2, -0.15) is 0 Å². The van der Waals surface area contributed by atoms with Crippen LogP contribution in [0.3, 0.4) is 0 Å². The zero-order valence-corrected chi connectivity index (χ0v) is 11.6. The molecule has 0 radical (unpaired) electrons. The number of ether oxygens (including phenoxy) is 1. The van der Waals surface area contributed by atoms with Gasteiger partial charge in [0.05, 0.1) is 35.2 Å². The highest BCUT2D eigenvalue weighted by molar-refractivity contribution is 7.07. The topological polar surface area (TPSA) is 60.2 Å². The highest BCUT2D eigenvalue weighted by Crippen LogP contribution is 2.29. The summed E-state index contributed by atoms with van der Waals surface area (Å²) in [4.78, 5) is 4.16. The van der Waals surface area contributed by atoms with E-state index in [4.69, 9.17) is 10.5 Å². The number of benzene rings is 1. The third-order valence-electron chi connectivity index (χ3n) is 2.41. The highest BCUT2D eigenvalue weighted by atomic mass is 32.1. The van der Waals surface area contributed by atoms with Crippen molar-refractivity contribution in [2.45, 2.75) is 26.5 Å². The van der Waals surface area contributed by atoms with E-state index in [1.54, 1.807) is 11.6 Å². The first-order chi connectivity index (χ1) is 9.06. The molecule has 2 rings (SSSR count). The van der Waals surface area contributed by atoms with Crippen molar-refractivity contribution in [3.8, 4) is 5.75 Å². The lowest BCUT2D eigenvalue weighted by atomic mass is 10.2. The van der Waals surface area contributed by atoms with Crippen LogP contribution in [0.25, 0.3) is 0 Å². The van der Waals surface area contributed by atoms with Gasteiger partial charge in [-0.15, -0.1) is 11.3 Å². The molecule has 1 heterocycles. The lowest BCUT2D eigenvalue weighted by Crippen LogP contribution is -2.09. The number of nitrogens with one attached hydrogen (secondary N) is 1. The number of hydrogen-bond donors (Lipinski definition) is 2. The van der Waals surface area contributed by atoms with Crippen LogP contribution in [-0.2, 0) is 6.54 Å². The van der Waals surface area contributed by atoms with Crippen LogP contribution in [0.4, 0.5) is 15.8 Å². The Labute approximate surface area is 115 Å². The van der Waals surface area contributed by atoms with Gasteiger partial charge in [-0.1, -0.05) is 0 Å². The fourth-order valence-corrected chi connectivity index (χ4v) is 2.14. The molecule has 1 aromatic carbocycles. The van der Waals surface area contributed by atoms with E-state index >= 15 is 0 Å². The van der Waals surface area contributed by atoms with Crippen molar-refractivity contribution in [1.29, 1.82) is 0 Å². The molecular weight excluding hydrogens is 265 g/mol. The minimum Gasteiger partial charge on any atom is -0.488 e. The maximum atomic E-state index is 13.7. The predicted octanol–water partition coefficient (Wildman–Crippen LogP) is 3.26. The molecule has 6 heteroatoms. The molecule has 102 valence electrons. The van der Waals surface area contributed by atoms with Crippen molar-refractivity contribution in [2.75, 3.05) is 11.1 Å². The summed E-state index contributed by atoms with van der Waals surface area (Å²) >= 11 is 1.53. The molecule has 2 aromatic rings. The van der Waals surface area contributed by atoms with Crippen molar-refractivity contribution in [3.63, 3.8) is 0 Å². The second kappa shape index (κ2) is 5.88. The molecule has 0 aliphatic rings. The average molecular weight is 281 g/mol. The van der Waals surface area contributed by atoms with Crippen LogP contribution in [0.15, 0.2) is 23.0 Å². The van der Waals surface area contributed by atoms with Gasteiger partial charge in [0, 0.05) is 17.5 Å². The quantitative estimate of drug-likeness (QED) is 0.826. The van der Waals surface area contributed by atoms with Gasteiger partial charge in [0.15, 0.2) is 11.6 Å². The van der Waals surface area contributed by atoms with E-state index in [0.29, 0.717) is 17.9 Å². The Hall–Kier alpha value is -1.82. The van der Waals surface area contributed by atoms with E-state index in [9.17, 15) is 4.39 Å². The highest BCUT2D eigenvalue weighted by Gasteiger charge is 2.10. The third-order valence-corrected chi connectivity index (χ3v) is 3.05. The zero-order chi connectivity index (χ0) is 13.8. The number of aromatic nitrogens is 1. The molecule has 0 spiro atoms. The van der Waals surface area contributed by atoms with E-state index in [-0.39, 0.29) is 11.9 Å². The Kier molecular flexibility index (Phi) is 4.21. The largest absolute Gasteiger partial charge is 0.488 e. The number of nitrogens with two attached hydrogens (primary N) is 1. The molecule has 1 aromatic heterocycles. The van der Waals surface area contributed by atoms with Gasteiger partial charge in [0.25, 0.3) is 0 Å². The molecule has 19 heavy (non-hydrogen) atoms. The zero-order valence-electron chi connectivity index (χ0n) is 10.8. The van der Waals surface area contributed by atoms with Crippen LogP contribution >= 0.6 is 11.3 Å². The number of anilines is 2. The van der Waals surface area contributed by atoms with Gasteiger partial charge in [-0.25, -0.2) is 9.37 Å². The van der Waals surface area contributed by atoms with Crippen molar-refractivity contribution >= 4 is 22.7 Å². The molecule has 0 atom stereocenters.